The minimum Gasteiger partial charge on any atom is -0.507 e. The molecule has 92 valence electrons. The molecule has 0 bridgehead atoms. The molecule has 1 heterocycles. The van der Waals surface area contributed by atoms with Gasteiger partial charge in [-0.3, -0.25) is 15.6 Å². The highest BCUT2D eigenvalue weighted by Crippen LogP contribution is 2.15. The molecule has 0 radical (unpaired) electrons. The Morgan fingerprint density at radius 2 is 1.94 bits per heavy atom. The van der Waals surface area contributed by atoms with Gasteiger partial charge in [0.1, 0.15) is 5.75 Å². The van der Waals surface area contributed by atoms with Crippen LogP contribution in [0, 0.1) is 0 Å². The molecule has 0 aliphatic heterocycles. The number of benzene rings is 1. The van der Waals surface area contributed by atoms with E-state index < -0.39 is 5.91 Å². The van der Waals surface area contributed by atoms with Crippen LogP contribution in [0.3, 0.4) is 0 Å². The predicted octanol–water partition coefficient (Wildman–Crippen LogP) is 1.89. The number of furan rings is 1. The van der Waals surface area contributed by atoms with Crippen LogP contribution in [-0.2, 0) is 0 Å². The molecule has 5 nitrogen and oxygen atoms in total. The Hall–Kier alpha value is -2.69. The van der Waals surface area contributed by atoms with E-state index in [4.69, 9.17) is 4.42 Å². The van der Waals surface area contributed by atoms with Crippen LogP contribution in [-0.4, -0.2) is 11.0 Å². The molecule has 0 fully saturated rings. The number of hydrogen-bond donors (Lipinski definition) is 3. The molecule has 1 amide bonds. The van der Waals surface area contributed by atoms with E-state index in [9.17, 15) is 9.90 Å². The van der Waals surface area contributed by atoms with Gasteiger partial charge in [-0.1, -0.05) is 18.7 Å². The number of para-hydroxylation sites is 1. The number of aromatic hydroxyl groups is 1. The number of hydrogen-bond acceptors (Lipinski definition) is 4. The van der Waals surface area contributed by atoms with Crippen molar-refractivity contribution < 1.29 is 14.3 Å². The second-order valence-corrected chi connectivity index (χ2v) is 3.55. The predicted molar refractivity (Wildman–Crippen MR) is 66.5 cm³/mol. The molecule has 1 aromatic heterocycles. The van der Waals surface area contributed by atoms with E-state index >= 15 is 0 Å². The number of carbonyl (C=O) groups is 1. The van der Waals surface area contributed by atoms with E-state index in [-0.39, 0.29) is 11.3 Å². The molecule has 0 saturated heterocycles. The first-order chi connectivity index (χ1) is 8.68. The fourth-order valence-corrected chi connectivity index (χ4v) is 1.38. The van der Waals surface area contributed by atoms with Crippen molar-refractivity contribution in [3.63, 3.8) is 0 Å². The lowest BCUT2D eigenvalue weighted by Gasteiger charge is -2.09. The third kappa shape index (κ3) is 2.52. The number of phenols is 1. The standard InChI is InChI=1S/C13H12N2O3/c1-9(12-7-4-8-18-12)14-15-13(17)10-5-2-3-6-11(10)16/h2-8,14,16H,1H2,(H,15,17). The van der Waals surface area contributed by atoms with E-state index in [2.05, 4.69) is 17.4 Å². The molecule has 3 N–H and O–H groups in total. The summed E-state index contributed by atoms with van der Waals surface area (Å²) in [7, 11) is 0. The molecule has 0 unspecified atom stereocenters. The Balaban J connectivity index is 1.97. The van der Waals surface area contributed by atoms with Gasteiger partial charge in [0.25, 0.3) is 5.91 Å². The van der Waals surface area contributed by atoms with Gasteiger partial charge in [-0.2, -0.15) is 0 Å². The second-order valence-electron chi connectivity index (χ2n) is 3.55. The lowest BCUT2D eigenvalue weighted by molar-refractivity contribution is 0.0939. The van der Waals surface area contributed by atoms with Crippen LogP contribution in [0.25, 0.3) is 5.70 Å². The highest BCUT2D eigenvalue weighted by atomic mass is 16.3. The highest BCUT2D eigenvalue weighted by Gasteiger charge is 2.10. The first-order valence-corrected chi connectivity index (χ1v) is 5.25. The third-order valence-corrected chi connectivity index (χ3v) is 2.29. The van der Waals surface area contributed by atoms with Gasteiger partial charge < -0.3 is 9.52 Å². The van der Waals surface area contributed by atoms with Crippen molar-refractivity contribution in [1.29, 1.82) is 0 Å². The lowest BCUT2D eigenvalue weighted by Crippen LogP contribution is -2.35. The van der Waals surface area contributed by atoms with Crippen molar-refractivity contribution in [2.24, 2.45) is 0 Å². The van der Waals surface area contributed by atoms with Crippen molar-refractivity contribution >= 4 is 11.6 Å². The third-order valence-electron chi connectivity index (χ3n) is 2.29. The number of amides is 1. The Labute approximate surface area is 104 Å². The van der Waals surface area contributed by atoms with Gasteiger partial charge in [0, 0.05) is 0 Å². The summed E-state index contributed by atoms with van der Waals surface area (Å²) in [6.07, 6.45) is 1.51. The highest BCUT2D eigenvalue weighted by molar-refractivity contribution is 5.96. The van der Waals surface area contributed by atoms with Gasteiger partial charge in [-0.25, -0.2) is 0 Å². The van der Waals surface area contributed by atoms with Crippen molar-refractivity contribution in [2.45, 2.75) is 0 Å². The first kappa shape index (κ1) is 11.8. The zero-order valence-electron chi connectivity index (χ0n) is 9.51. The molecule has 2 aromatic rings. The SMILES string of the molecule is C=C(NNC(=O)c1ccccc1O)c1ccco1. The van der Waals surface area contributed by atoms with Gasteiger partial charge in [0.15, 0.2) is 5.76 Å². The molecular formula is C13H12N2O3. The average Bonchev–Trinajstić information content (AvgIpc) is 2.90. The van der Waals surface area contributed by atoms with Gasteiger partial charge in [0.05, 0.1) is 17.5 Å². The average molecular weight is 244 g/mol. The number of phenolic OH excluding ortho intramolecular Hbond substituents is 1. The first-order valence-electron chi connectivity index (χ1n) is 5.25. The monoisotopic (exact) mass is 244 g/mol. The van der Waals surface area contributed by atoms with Crippen LogP contribution in [0.5, 0.6) is 5.75 Å². The van der Waals surface area contributed by atoms with Crippen LogP contribution in [0.1, 0.15) is 16.1 Å². The van der Waals surface area contributed by atoms with E-state index in [1.807, 2.05) is 0 Å². The zero-order chi connectivity index (χ0) is 13.0. The van der Waals surface area contributed by atoms with E-state index in [0.717, 1.165) is 0 Å². The van der Waals surface area contributed by atoms with Crippen LogP contribution < -0.4 is 10.9 Å². The van der Waals surface area contributed by atoms with Crippen molar-refractivity contribution in [3.05, 3.63) is 60.6 Å². The van der Waals surface area contributed by atoms with Gasteiger partial charge in [-0.15, -0.1) is 0 Å². The quantitative estimate of drug-likeness (QED) is 0.718. The number of rotatable bonds is 4. The van der Waals surface area contributed by atoms with Gasteiger partial charge in [0.2, 0.25) is 0 Å². The summed E-state index contributed by atoms with van der Waals surface area (Å²) in [6, 6.07) is 9.68. The summed E-state index contributed by atoms with van der Waals surface area (Å²) in [4.78, 5) is 11.7. The van der Waals surface area contributed by atoms with Crippen LogP contribution in [0.2, 0.25) is 0 Å². The van der Waals surface area contributed by atoms with E-state index in [1.54, 1.807) is 24.3 Å². The molecule has 18 heavy (non-hydrogen) atoms. The Morgan fingerprint density at radius 3 is 2.61 bits per heavy atom. The van der Waals surface area contributed by atoms with Crippen molar-refractivity contribution in [2.75, 3.05) is 0 Å². The normalized spacial score (nSPS) is 9.78. The number of nitrogens with one attached hydrogen (secondary N) is 2. The molecule has 0 aliphatic rings. The van der Waals surface area contributed by atoms with Crippen molar-refractivity contribution in [3.8, 4) is 5.75 Å². The summed E-state index contributed by atoms with van der Waals surface area (Å²) in [6.45, 7) is 3.70. The molecule has 0 spiro atoms. The van der Waals surface area contributed by atoms with Crippen molar-refractivity contribution in [1.82, 2.24) is 10.9 Å². The zero-order valence-corrected chi connectivity index (χ0v) is 9.51. The minimum absolute atomic E-state index is 0.0830. The number of hydrazine groups is 1. The fourth-order valence-electron chi connectivity index (χ4n) is 1.38. The molecule has 2 rings (SSSR count). The smallest absolute Gasteiger partial charge is 0.273 e. The van der Waals surface area contributed by atoms with Crippen LogP contribution in [0.15, 0.2) is 53.7 Å². The topological polar surface area (TPSA) is 74.5 Å². The maximum atomic E-state index is 11.7. The minimum atomic E-state index is -0.458. The Morgan fingerprint density at radius 1 is 1.17 bits per heavy atom. The summed E-state index contributed by atoms with van der Waals surface area (Å²) in [5, 5.41) is 9.50. The molecule has 5 heteroatoms. The fraction of sp³-hybridized carbons (Fsp3) is 0. The maximum absolute atomic E-state index is 11.7. The number of carbonyl (C=O) groups excluding carboxylic acids is 1. The Bertz CT molecular complexity index is 561. The lowest BCUT2D eigenvalue weighted by atomic mass is 10.2. The second kappa shape index (κ2) is 5.09. The maximum Gasteiger partial charge on any atom is 0.273 e. The van der Waals surface area contributed by atoms with Crippen LogP contribution >= 0.6 is 0 Å². The Kier molecular flexibility index (Phi) is 3.33. The summed E-state index contributed by atoms with van der Waals surface area (Å²) in [5.74, 6) is -0.0196. The van der Waals surface area contributed by atoms with E-state index in [1.165, 1.54) is 18.4 Å². The molecule has 0 atom stereocenters. The summed E-state index contributed by atoms with van der Waals surface area (Å²) in [5.41, 5.74) is 5.63. The molecule has 0 saturated carbocycles. The molecular weight excluding hydrogens is 232 g/mol. The summed E-state index contributed by atoms with van der Waals surface area (Å²) < 4.78 is 5.09. The van der Waals surface area contributed by atoms with Gasteiger partial charge in [-0.05, 0) is 24.3 Å². The molecule has 0 aliphatic carbocycles. The summed E-state index contributed by atoms with van der Waals surface area (Å²) >= 11 is 0. The van der Waals surface area contributed by atoms with Gasteiger partial charge >= 0.3 is 0 Å². The van der Waals surface area contributed by atoms with E-state index in [0.29, 0.717) is 11.5 Å². The molecule has 1 aromatic carbocycles. The largest absolute Gasteiger partial charge is 0.507 e. The van der Waals surface area contributed by atoms with Crippen LogP contribution in [0.4, 0.5) is 0 Å².